The lowest BCUT2D eigenvalue weighted by Crippen LogP contribution is -2.37. The van der Waals surface area contributed by atoms with Crippen LogP contribution in [0, 0.1) is 0 Å². The number of hydrogen-bond donors (Lipinski definition) is 1. The van der Waals surface area contributed by atoms with E-state index in [1.807, 2.05) is 23.7 Å². The molecular formula is C14H18N2OS. The van der Waals surface area contributed by atoms with Crippen molar-refractivity contribution in [2.45, 2.75) is 25.9 Å². The highest BCUT2D eigenvalue weighted by Gasteiger charge is 2.17. The Labute approximate surface area is 112 Å². The van der Waals surface area contributed by atoms with Gasteiger partial charge >= 0.3 is 0 Å². The molecular weight excluding hydrogens is 244 g/mol. The summed E-state index contributed by atoms with van der Waals surface area (Å²) in [6.45, 7) is 3.00. The first kappa shape index (κ1) is 13.1. The molecule has 0 radical (unpaired) electrons. The number of hydrogen-bond acceptors (Lipinski definition) is 4. The highest BCUT2D eigenvalue weighted by molar-refractivity contribution is 7.07. The molecule has 1 aromatic carbocycles. The summed E-state index contributed by atoms with van der Waals surface area (Å²) in [6, 6.07) is 10.3. The summed E-state index contributed by atoms with van der Waals surface area (Å²) < 4.78 is 0. The predicted octanol–water partition coefficient (Wildman–Crippen LogP) is 2.92. The van der Waals surface area contributed by atoms with E-state index in [4.69, 9.17) is 0 Å². The number of thiazole rings is 1. The summed E-state index contributed by atoms with van der Waals surface area (Å²) in [7, 11) is 0. The molecule has 18 heavy (non-hydrogen) atoms. The molecule has 1 N–H and O–H groups in total. The van der Waals surface area contributed by atoms with Crippen LogP contribution in [0.3, 0.4) is 0 Å². The van der Waals surface area contributed by atoms with Crippen molar-refractivity contribution in [1.29, 1.82) is 0 Å². The number of benzene rings is 1. The standard InChI is InChI=1S/C14H18N2OS/c1-2-13(9-17)16(8-12-10-18-11-15-12)14-6-4-3-5-7-14/h3-7,10-11,13,17H,2,8-9H2,1H3. The molecule has 0 fully saturated rings. The van der Waals surface area contributed by atoms with Crippen LogP contribution in [0.4, 0.5) is 5.69 Å². The summed E-state index contributed by atoms with van der Waals surface area (Å²) in [5.74, 6) is 0. The summed E-state index contributed by atoms with van der Waals surface area (Å²) >= 11 is 1.60. The molecule has 0 saturated heterocycles. The normalized spacial score (nSPS) is 12.3. The predicted molar refractivity (Wildman–Crippen MR) is 75.9 cm³/mol. The second kappa shape index (κ2) is 6.52. The average molecular weight is 262 g/mol. The van der Waals surface area contributed by atoms with Crippen molar-refractivity contribution in [2.75, 3.05) is 11.5 Å². The SMILES string of the molecule is CCC(CO)N(Cc1cscn1)c1ccccc1. The van der Waals surface area contributed by atoms with Crippen molar-refractivity contribution in [1.82, 2.24) is 4.98 Å². The van der Waals surface area contributed by atoms with Gasteiger partial charge in [-0.1, -0.05) is 25.1 Å². The van der Waals surface area contributed by atoms with Gasteiger partial charge in [0, 0.05) is 11.1 Å². The fraction of sp³-hybridized carbons (Fsp3) is 0.357. The zero-order valence-electron chi connectivity index (χ0n) is 10.5. The van der Waals surface area contributed by atoms with Gasteiger partial charge in [-0.05, 0) is 18.6 Å². The van der Waals surface area contributed by atoms with Crippen LogP contribution in [-0.2, 0) is 6.54 Å². The van der Waals surface area contributed by atoms with Gasteiger partial charge in [-0.15, -0.1) is 11.3 Å². The van der Waals surface area contributed by atoms with Crippen molar-refractivity contribution in [3.05, 3.63) is 46.9 Å². The molecule has 0 bridgehead atoms. The monoisotopic (exact) mass is 262 g/mol. The van der Waals surface area contributed by atoms with Gasteiger partial charge in [0.2, 0.25) is 0 Å². The molecule has 0 spiro atoms. The highest BCUT2D eigenvalue weighted by Crippen LogP contribution is 2.21. The van der Waals surface area contributed by atoms with Crippen LogP contribution < -0.4 is 4.90 Å². The second-order valence-corrected chi connectivity index (χ2v) is 4.91. The van der Waals surface area contributed by atoms with Crippen molar-refractivity contribution >= 4 is 17.0 Å². The minimum absolute atomic E-state index is 0.133. The largest absolute Gasteiger partial charge is 0.394 e. The van der Waals surface area contributed by atoms with E-state index in [0.29, 0.717) is 0 Å². The lowest BCUT2D eigenvalue weighted by Gasteiger charge is -2.31. The van der Waals surface area contributed by atoms with Gasteiger partial charge in [0.05, 0.1) is 30.4 Å². The smallest absolute Gasteiger partial charge is 0.0795 e. The Hall–Kier alpha value is -1.39. The van der Waals surface area contributed by atoms with E-state index in [0.717, 1.165) is 24.3 Å². The Morgan fingerprint density at radius 1 is 1.33 bits per heavy atom. The molecule has 0 saturated carbocycles. The average Bonchev–Trinajstić information content (AvgIpc) is 2.93. The van der Waals surface area contributed by atoms with E-state index < -0.39 is 0 Å². The fourth-order valence-corrected chi connectivity index (χ4v) is 2.54. The Kier molecular flexibility index (Phi) is 4.73. The third kappa shape index (κ3) is 3.09. The maximum absolute atomic E-state index is 9.53. The van der Waals surface area contributed by atoms with E-state index in [1.54, 1.807) is 11.3 Å². The molecule has 96 valence electrons. The van der Waals surface area contributed by atoms with Gasteiger partial charge < -0.3 is 10.0 Å². The van der Waals surface area contributed by atoms with E-state index >= 15 is 0 Å². The minimum atomic E-state index is 0.133. The Morgan fingerprint density at radius 3 is 2.67 bits per heavy atom. The number of aliphatic hydroxyl groups excluding tert-OH is 1. The number of aliphatic hydroxyl groups is 1. The van der Waals surface area contributed by atoms with Gasteiger partial charge in [-0.3, -0.25) is 0 Å². The van der Waals surface area contributed by atoms with Crippen LogP contribution in [0.2, 0.25) is 0 Å². The summed E-state index contributed by atoms with van der Waals surface area (Å²) in [4.78, 5) is 6.55. The number of aromatic nitrogens is 1. The lowest BCUT2D eigenvalue weighted by molar-refractivity contribution is 0.255. The van der Waals surface area contributed by atoms with Gasteiger partial charge in [0.15, 0.2) is 0 Å². The molecule has 2 aromatic rings. The van der Waals surface area contributed by atoms with Gasteiger partial charge in [-0.2, -0.15) is 0 Å². The maximum atomic E-state index is 9.53. The van der Waals surface area contributed by atoms with Gasteiger partial charge in [0.25, 0.3) is 0 Å². The molecule has 0 amide bonds. The first-order valence-corrected chi connectivity index (χ1v) is 7.09. The highest BCUT2D eigenvalue weighted by atomic mass is 32.1. The Balaban J connectivity index is 2.22. The number of para-hydroxylation sites is 1. The van der Waals surface area contributed by atoms with Gasteiger partial charge in [-0.25, -0.2) is 4.98 Å². The zero-order valence-corrected chi connectivity index (χ0v) is 11.3. The van der Waals surface area contributed by atoms with Crippen molar-refractivity contribution in [3.8, 4) is 0 Å². The quantitative estimate of drug-likeness (QED) is 0.869. The van der Waals surface area contributed by atoms with E-state index in [2.05, 4.69) is 34.3 Å². The second-order valence-electron chi connectivity index (χ2n) is 4.19. The molecule has 0 aliphatic heterocycles. The van der Waals surface area contributed by atoms with Crippen LogP contribution in [0.1, 0.15) is 19.0 Å². The van der Waals surface area contributed by atoms with E-state index in [1.165, 1.54) is 0 Å². The fourth-order valence-electron chi connectivity index (χ4n) is 1.99. The molecule has 1 heterocycles. The molecule has 3 nitrogen and oxygen atoms in total. The molecule has 1 unspecified atom stereocenters. The van der Waals surface area contributed by atoms with Crippen molar-refractivity contribution < 1.29 is 5.11 Å². The van der Waals surface area contributed by atoms with Crippen LogP contribution in [0.15, 0.2) is 41.2 Å². The Bertz CT molecular complexity index is 440. The van der Waals surface area contributed by atoms with Crippen LogP contribution >= 0.6 is 11.3 Å². The summed E-state index contributed by atoms with van der Waals surface area (Å²) in [6.07, 6.45) is 0.912. The number of nitrogens with zero attached hydrogens (tertiary/aromatic N) is 2. The zero-order chi connectivity index (χ0) is 12.8. The van der Waals surface area contributed by atoms with E-state index in [-0.39, 0.29) is 12.6 Å². The molecule has 1 atom stereocenters. The van der Waals surface area contributed by atoms with Crippen molar-refractivity contribution in [2.24, 2.45) is 0 Å². The van der Waals surface area contributed by atoms with Gasteiger partial charge in [0.1, 0.15) is 0 Å². The Morgan fingerprint density at radius 2 is 2.11 bits per heavy atom. The minimum Gasteiger partial charge on any atom is -0.394 e. The summed E-state index contributed by atoms with van der Waals surface area (Å²) in [5, 5.41) is 11.6. The van der Waals surface area contributed by atoms with Crippen LogP contribution in [0.25, 0.3) is 0 Å². The first-order chi connectivity index (χ1) is 8.85. The first-order valence-electron chi connectivity index (χ1n) is 6.14. The van der Waals surface area contributed by atoms with Crippen LogP contribution in [0.5, 0.6) is 0 Å². The molecule has 0 aliphatic carbocycles. The molecule has 2 rings (SSSR count). The maximum Gasteiger partial charge on any atom is 0.0795 e. The van der Waals surface area contributed by atoms with Crippen LogP contribution in [-0.4, -0.2) is 22.7 Å². The lowest BCUT2D eigenvalue weighted by atomic mass is 10.1. The molecule has 0 aliphatic rings. The third-order valence-corrected chi connectivity index (χ3v) is 3.66. The molecule has 1 aromatic heterocycles. The molecule has 4 heteroatoms. The van der Waals surface area contributed by atoms with E-state index in [9.17, 15) is 5.11 Å². The summed E-state index contributed by atoms with van der Waals surface area (Å²) in [5.41, 5.74) is 4.03. The number of anilines is 1. The third-order valence-electron chi connectivity index (χ3n) is 3.03. The topological polar surface area (TPSA) is 36.4 Å². The number of rotatable bonds is 6. The van der Waals surface area contributed by atoms with Crippen molar-refractivity contribution in [3.63, 3.8) is 0 Å².